The fraction of sp³-hybridized carbons (Fsp3) is 0.105. The maximum atomic E-state index is 12.2. The summed E-state index contributed by atoms with van der Waals surface area (Å²) in [5.74, 6) is -0.331. The fourth-order valence-electron chi connectivity index (χ4n) is 2.26. The van der Waals surface area contributed by atoms with Gasteiger partial charge in [-0.25, -0.2) is 5.43 Å². The maximum absolute atomic E-state index is 12.2. The Bertz CT molecular complexity index is 911. The SMILES string of the molecule is CC(=NNC(=O)c1cc(-c2ccc(C)cc2)n[nH]1)c1ccc(Br)cc1. The number of hydrazone groups is 1. The Kier molecular flexibility index (Phi) is 5.09. The van der Waals surface area contributed by atoms with Gasteiger partial charge in [0.25, 0.3) is 5.91 Å². The summed E-state index contributed by atoms with van der Waals surface area (Å²) in [6.45, 7) is 3.87. The van der Waals surface area contributed by atoms with E-state index in [1.54, 1.807) is 6.07 Å². The number of aromatic nitrogens is 2. The number of carbonyl (C=O) groups excluding carboxylic acids is 1. The summed E-state index contributed by atoms with van der Waals surface area (Å²) < 4.78 is 0.995. The third-order valence-corrected chi connectivity index (χ3v) is 4.29. The fourth-order valence-corrected chi connectivity index (χ4v) is 2.53. The van der Waals surface area contributed by atoms with E-state index in [-0.39, 0.29) is 5.91 Å². The zero-order valence-corrected chi connectivity index (χ0v) is 15.5. The highest BCUT2D eigenvalue weighted by Gasteiger charge is 2.10. The van der Waals surface area contributed by atoms with Crippen molar-refractivity contribution in [2.45, 2.75) is 13.8 Å². The van der Waals surface area contributed by atoms with Crippen LogP contribution in [-0.4, -0.2) is 21.8 Å². The van der Waals surface area contributed by atoms with E-state index in [0.29, 0.717) is 5.69 Å². The first-order valence-corrected chi connectivity index (χ1v) is 8.55. The van der Waals surface area contributed by atoms with Crippen molar-refractivity contribution in [3.8, 4) is 11.3 Å². The number of aromatic amines is 1. The lowest BCUT2D eigenvalue weighted by atomic mass is 10.1. The van der Waals surface area contributed by atoms with Crippen LogP contribution in [0.4, 0.5) is 0 Å². The van der Waals surface area contributed by atoms with Crippen LogP contribution in [0.2, 0.25) is 0 Å². The Labute approximate surface area is 154 Å². The van der Waals surface area contributed by atoms with Gasteiger partial charge in [-0.1, -0.05) is 57.9 Å². The van der Waals surface area contributed by atoms with Crippen molar-refractivity contribution < 1.29 is 4.79 Å². The van der Waals surface area contributed by atoms with Crippen molar-refractivity contribution in [2.75, 3.05) is 0 Å². The van der Waals surface area contributed by atoms with E-state index < -0.39 is 0 Å². The molecule has 2 N–H and O–H groups in total. The van der Waals surface area contributed by atoms with Crippen molar-refractivity contribution in [1.29, 1.82) is 0 Å². The van der Waals surface area contributed by atoms with Crippen LogP contribution in [0.25, 0.3) is 11.3 Å². The molecule has 0 fully saturated rings. The van der Waals surface area contributed by atoms with Gasteiger partial charge >= 0.3 is 0 Å². The van der Waals surface area contributed by atoms with E-state index in [0.717, 1.165) is 27.0 Å². The highest BCUT2D eigenvalue weighted by Crippen LogP contribution is 2.18. The Morgan fingerprint density at radius 1 is 1.12 bits per heavy atom. The van der Waals surface area contributed by atoms with Crippen molar-refractivity contribution in [1.82, 2.24) is 15.6 Å². The molecular weight excluding hydrogens is 380 g/mol. The van der Waals surface area contributed by atoms with Gasteiger partial charge in [0.15, 0.2) is 0 Å². The molecule has 1 amide bonds. The molecule has 0 aliphatic carbocycles. The smallest absolute Gasteiger partial charge is 0.272 e. The normalized spacial score (nSPS) is 11.4. The Morgan fingerprint density at radius 3 is 2.48 bits per heavy atom. The summed E-state index contributed by atoms with van der Waals surface area (Å²) in [6, 6.07) is 17.4. The van der Waals surface area contributed by atoms with Gasteiger partial charge in [0, 0.05) is 10.0 Å². The van der Waals surface area contributed by atoms with E-state index in [1.807, 2.05) is 62.4 Å². The van der Waals surface area contributed by atoms with Crippen LogP contribution >= 0.6 is 15.9 Å². The number of carbonyl (C=O) groups is 1. The van der Waals surface area contributed by atoms with Crippen molar-refractivity contribution in [2.24, 2.45) is 5.10 Å². The number of rotatable bonds is 4. The van der Waals surface area contributed by atoms with E-state index in [2.05, 4.69) is 36.7 Å². The van der Waals surface area contributed by atoms with E-state index in [1.165, 1.54) is 5.56 Å². The topological polar surface area (TPSA) is 70.1 Å². The molecule has 2 aromatic carbocycles. The molecule has 0 spiro atoms. The van der Waals surface area contributed by atoms with Gasteiger partial charge in [-0.05, 0) is 37.6 Å². The quantitative estimate of drug-likeness (QED) is 0.509. The number of hydrogen-bond acceptors (Lipinski definition) is 3. The monoisotopic (exact) mass is 396 g/mol. The zero-order chi connectivity index (χ0) is 17.8. The van der Waals surface area contributed by atoms with E-state index in [9.17, 15) is 4.79 Å². The van der Waals surface area contributed by atoms with Crippen LogP contribution in [0, 0.1) is 6.92 Å². The second-order valence-electron chi connectivity index (χ2n) is 5.68. The molecule has 0 atom stereocenters. The summed E-state index contributed by atoms with van der Waals surface area (Å²) in [7, 11) is 0. The number of amides is 1. The summed E-state index contributed by atoms with van der Waals surface area (Å²) in [4.78, 5) is 12.2. The number of halogens is 1. The van der Waals surface area contributed by atoms with Gasteiger partial charge in [0.05, 0.1) is 11.4 Å². The predicted octanol–water partition coefficient (Wildman–Crippen LogP) is 4.30. The summed E-state index contributed by atoms with van der Waals surface area (Å²) in [6.07, 6.45) is 0. The summed E-state index contributed by atoms with van der Waals surface area (Å²) in [5.41, 5.74) is 7.43. The van der Waals surface area contributed by atoms with Crippen LogP contribution in [0.3, 0.4) is 0 Å². The molecule has 0 bridgehead atoms. The Morgan fingerprint density at radius 2 is 1.80 bits per heavy atom. The second-order valence-corrected chi connectivity index (χ2v) is 6.59. The standard InChI is InChI=1S/C19H17BrN4O/c1-12-3-5-15(6-4-12)17-11-18(23-22-17)19(25)24-21-13(2)14-7-9-16(20)10-8-14/h3-11H,1-2H3,(H,22,23)(H,24,25). The second kappa shape index (κ2) is 7.44. The van der Waals surface area contributed by atoms with Gasteiger partial charge in [0.1, 0.15) is 5.69 Å². The molecular formula is C19H17BrN4O. The molecule has 25 heavy (non-hydrogen) atoms. The lowest BCUT2D eigenvalue weighted by molar-refractivity contribution is 0.0950. The zero-order valence-electron chi connectivity index (χ0n) is 13.9. The third kappa shape index (κ3) is 4.22. The number of H-pyrrole nitrogens is 1. The summed E-state index contributed by atoms with van der Waals surface area (Å²) >= 11 is 3.39. The Hall–Kier alpha value is -2.73. The minimum Gasteiger partial charge on any atom is -0.272 e. The maximum Gasteiger partial charge on any atom is 0.289 e. The molecule has 0 unspecified atom stereocenters. The molecule has 0 aliphatic rings. The predicted molar refractivity (Wildman–Crippen MR) is 103 cm³/mol. The van der Waals surface area contributed by atoms with Crippen LogP contribution in [0.5, 0.6) is 0 Å². The number of aryl methyl sites for hydroxylation is 1. The molecule has 3 aromatic rings. The van der Waals surface area contributed by atoms with E-state index in [4.69, 9.17) is 0 Å². The highest BCUT2D eigenvalue weighted by molar-refractivity contribution is 9.10. The minimum atomic E-state index is -0.331. The molecule has 1 heterocycles. The van der Waals surface area contributed by atoms with E-state index >= 15 is 0 Å². The Balaban J connectivity index is 1.70. The molecule has 5 nitrogen and oxygen atoms in total. The van der Waals surface area contributed by atoms with Crippen molar-refractivity contribution in [3.05, 3.63) is 75.9 Å². The third-order valence-electron chi connectivity index (χ3n) is 3.76. The first-order chi connectivity index (χ1) is 12.0. The van der Waals surface area contributed by atoms with Crippen molar-refractivity contribution >= 4 is 27.5 Å². The molecule has 0 aliphatic heterocycles. The number of hydrogen-bond donors (Lipinski definition) is 2. The van der Waals surface area contributed by atoms with Gasteiger partial charge in [0.2, 0.25) is 0 Å². The average molecular weight is 397 g/mol. The van der Waals surface area contributed by atoms with Gasteiger partial charge in [-0.2, -0.15) is 10.2 Å². The van der Waals surface area contributed by atoms with Gasteiger partial charge in [-0.15, -0.1) is 0 Å². The largest absolute Gasteiger partial charge is 0.289 e. The first-order valence-electron chi connectivity index (χ1n) is 7.76. The van der Waals surface area contributed by atoms with Crippen LogP contribution in [0.15, 0.2) is 64.2 Å². The average Bonchev–Trinajstić information content (AvgIpc) is 3.11. The number of benzene rings is 2. The number of nitrogens with zero attached hydrogens (tertiary/aromatic N) is 2. The molecule has 3 rings (SSSR count). The lowest BCUT2D eigenvalue weighted by Gasteiger charge is -2.02. The molecule has 0 saturated heterocycles. The van der Waals surface area contributed by atoms with Crippen LogP contribution in [-0.2, 0) is 0 Å². The summed E-state index contributed by atoms with van der Waals surface area (Å²) in [5, 5.41) is 11.1. The van der Waals surface area contributed by atoms with Gasteiger partial charge in [-0.3, -0.25) is 9.89 Å². The first kappa shape index (κ1) is 17.1. The molecule has 0 saturated carbocycles. The van der Waals surface area contributed by atoms with Crippen LogP contribution < -0.4 is 5.43 Å². The molecule has 6 heteroatoms. The lowest BCUT2D eigenvalue weighted by Crippen LogP contribution is -2.19. The number of nitrogens with one attached hydrogen (secondary N) is 2. The molecule has 126 valence electrons. The molecule has 0 radical (unpaired) electrons. The van der Waals surface area contributed by atoms with Crippen LogP contribution in [0.1, 0.15) is 28.5 Å². The minimum absolute atomic E-state index is 0.331. The molecule has 1 aromatic heterocycles. The highest BCUT2D eigenvalue weighted by atomic mass is 79.9. The van der Waals surface area contributed by atoms with Crippen molar-refractivity contribution in [3.63, 3.8) is 0 Å². The van der Waals surface area contributed by atoms with Gasteiger partial charge < -0.3 is 0 Å².